The Kier molecular flexibility index (Phi) is 12.0. The van der Waals surface area contributed by atoms with Gasteiger partial charge in [-0.25, -0.2) is 0 Å². The zero-order valence-electron chi connectivity index (χ0n) is 17.2. The van der Waals surface area contributed by atoms with Crippen molar-refractivity contribution >= 4 is 5.91 Å². The molecule has 0 heterocycles. The van der Waals surface area contributed by atoms with Crippen molar-refractivity contribution in [2.75, 3.05) is 6.61 Å². The average Bonchev–Trinajstić information content (AvgIpc) is 2.97. The van der Waals surface area contributed by atoms with E-state index in [0.29, 0.717) is 6.42 Å². The van der Waals surface area contributed by atoms with Crippen molar-refractivity contribution in [1.82, 2.24) is 5.32 Å². The number of nitrogens with one attached hydrogen (secondary N) is 1. The van der Waals surface area contributed by atoms with Gasteiger partial charge in [0.2, 0.25) is 5.91 Å². The second kappa shape index (κ2) is 13.7. The van der Waals surface area contributed by atoms with Crippen molar-refractivity contribution < 1.29 is 15.0 Å². The molecule has 4 heteroatoms. The highest BCUT2D eigenvalue weighted by atomic mass is 16.3. The molecule has 0 aromatic heterocycles. The number of carbonyl (C=O) groups excluding carboxylic acids is 1. The van der Waals surface area contributed by atoms with Gasteiger partial charge in [0.05, 0.1) is 0 Å². The van der Waals surface area contributed by atoms with E-state index >= 15 is 0 Å². The smallest absolute Gasteiger partial charge is 0.220 e. The predicted octanol–water partition coefficient (Wildman–Crippen LogP) is 4.43. The molecular formula is C23H39NO3. The van der Waals surface area contributed by atoms with Gasteiger partial charge >= 0.3 is 0 Å². The highest BCUT2D eigenvalue weighted by Gasteiger charge is 2.33. The summed E-state index contributed by atoms with van der Waals surface area (Å²) >= 11 is 0. The number of rotatable bonds is 14. The molecule has 2 atom stereocenters. The van der Waals surface area contributed by atoms with E-state index in [4.69, 9.17) is 5.11 Å². The lowest BCUT2D eigenvalue weighted by Crippen LogP contribution is -2.29. The zero-order valence-corrected chi connectivity index (χ0v) is 17.2. The molecule has 154 valence electrons. The summed E-state index contributed by atoms with van der Waals surface area (Å²) in [5.74, 6) is 0.317. The van der Waals surface area contributed by atoms with Gasteiger partial charge in [-0.05, 0) is 58.8 Å². The summed E-state index contributed by atoms with van der Waals surface area (Å²) in [5.41, 5.74) is -0.827. The topological polar surface area (TPSA) is 69.6 Å². The summed E-state index contributed by atoms with van der Waals surface area (Å²) in [7, 11) is 0. The number of carbonyl (C=O) groups is 1. The molecule has 0 radical (unpaired) electrons. The molecule has 0 aromatic rings. The van der Waals surface area contributed by atoms with Crippen LogP contribution in [0.5, 0.6) is 0 Å². The van der Waals surface area contributed by atoms with Gasteiger partial charge < -0.3 is 15.5 Å². The molecule has 0 saturated heterocycles. The molecular weight excluding hydrogens is 338 g/mol. The summed E-state index contributed by atoms with van der Waals surface area (Å²) in [4.78, 5) is 11.6. The first-order chi connectivity index (χ1) is 13.0. The second-order valence-electron chi connectivity index (χ2n) is 7.87. The largest absolute Gasteiger partial charge is 0.396 e. The Hall–Kier alpha value is -1.39. The number of hydrogen-bond donors (Lipinski definition) is 3. The maximum Gasteiger partial charge on any atom is 0.220 e. The van der Waals surface area contributed by atoms with Crippen LogP contribution in [0.15, 0.2) is 36.5 Å². The van der Waals surface area contributed by atoms with Crippen molar-refractivity contribution in [3.8, 4) is 0 Å². The van der Waals surface area contributed by atoms with Gasteiger partial charge in [0.1, 0.15) is 5.60 Å². The standard InChI is InChI=1S/C23H39NO3/c1-20(2)24-22(26)16-10-6-5-9-14-21-15-13-18-23(21,27)17-11-7-3-4-8-12-19-25/h5,9,11,13,17-18,20-21,25,27H,3-4,6-8,10,12,14-16,19H2,1-2H3,(H,24,26)/t21-,23+/m1/s1. The number of aliphatic hydroxyl groups is 2. The summed E-state index contributed by atoms with van der Waals surface area (Å²) in [6.07, 6.45) is 21.5. The Bertz CT molecular complexity index is 496. The third-order valence-electron chi connectivity index (χ3n) is 4.93. The van der Waals surface area contributed by atoms with Crippen LogP contribution in [0.25, 0.3) is 0 Å². The van der Waals surface area contributed by atoms with Crippen LogP contribution in [0.4, 0.5) is 0 Å². The quantitative estimate of drug-likeness (QED) is 0.310. The number of hydrogen-bond acceptors (Lipinski definition) is 3. The Labute approximate surface area is 165 Å². The van der Waals surface area contributed by atoms with Gasteiger partial charge in [-0.2, -0.15) is 0 Å². The maximum absolute atomic E-state index is 11.6. The van der Waals surface area contributed by atoms with E-state index in [9.17, 15) is 9.90 Å². The normalized spacial score (nSPS) is 22.5. The van der Waals surface area contributed by atoms with E-state index < -0.39 is 5.60 Å². The Morgan fingerprint density at radius 2 is 1.89 bits per heavy atom. The third-order valence-corrected chi connectivity index (χ3v) is 4.93. The van der Waals surface area contributed by atoms with Gasteiger partial charge in [-0.1, -0.05) is 49.3 Å². The lowest BCUT2D eigenvalue weighted by molar-refractivity contribution is -0.121. The molecule has 0 bridgehead atoms. The number of unbranched alkanes of at least 4 members (excludes halogenated alkanes) is 5. The first-order valence-electron chi connectivity index (χ1n) is 10.6. The van der Waals surface area contributed by atoms with Crippen LogP contribution in [0, 0.1) is 5.92 Å². The fourth-order valence-corrected chi connectivity index (χ4v) is 3.38. The first kappa shape index (κ1) is 23.6. The van der Waals surface area contributed by atoms with Gasteiger partial charge in [0.15, 0.2) is 0 Å². The summed E-state index contributed by atoms with van der Waals surface area (Å²) in [6, 6.07) is 0.203. The van der Waals surface area contributed by atoms with Crippen LogP contribution in [0.2, 0.25) is 0 Å². The van der Waals surface area contributed by atoms with E-state index in [-0.39, 0.29) is 24.5 Å². The van der Waals surface area contributed by atoms with E-state index in [1.54, 1.807) is 0 Å². The molecule has 0 aromatic carbocycles. The number of aliphatic hydroxyl groups excluding tert-OH is 1. The van der Waals surface area contributed by atoms with Crippen LogP contribution < -0.4 is 5.32 Å². The lowest BCUT2D eigenvalue weighted by Gasteiger charge is -2.25. The highest BCUT2D eigenvalue weighted by Crippen LogP contribution is 2.34. The van der Waals surface area contributed by atoms with Crippen LogP contribution in [0.3, 0.4) is 0 Å². The average molecular weight is 378 g/mol. The van der Waals surface area contributed by atoms with Gasteiger partial charge in [0, 0.05) is 25.0 Å². The molecule has 1 aliphatic carbocycles. The summed E-state index contributed by atoms with van der Waals surface area (Å²) < 4.78 is 0. The van der Waals surface area contributed by atoms with E-state index in [0.717, 1.165) is 57.8 Å². The van der Waals surface area contributed by atoms with Crippen LogP contribution in [-0.2, 0) is 4.79 Å². The van der Waals surface area contributed by atoms with Crippen molar-refractivity contribution in [1.29, 1.82) is 0 Å². The molecule has 1 rings (SSSR count). The fraction of sp³-hybridized carbons (Fsp3) is 0.696. The fourth-order valence-electron chi connectivity index (χ4n) is 3.38. The number of allylic oxidation sites excluding steroid dienone is 4. The predicted molar refractivity (Wildman–Crippen MR) is 112 cm³/mol. The Balaban J connectivity index is 2.24. The molecule has 4 nitrogen and oxygen atoms in total. The molecule has 3 N–H and O–H groups in total. The molecule has 0 saturated carbocycles. The van der Waals surface area contributed by atoms with Crippen molar-refractivity contribution in [3.05, 3.63) is 36.5 Å². The van der Waals surface area contributed by atoms with Crippen LogP contribution in [0.1, 0.15) is 78.1 Å². The van der Waals surface area contributed by atoms with Gasteiger partial charge in [0.25, 0.3) is 0 Å². The molecule has 1 aliphatic rings. The molecule has 0 unspecified atom stereocenters. The van der Waals surface area contributed by atoms with Crippen molar-refractivity contribution in [2.45, 2.75) is 89.7 Å². The van der Waals surface area contributed by atoms with Crippen molar-refractivity contribution in [3.63, 3.8) is 0 Å². The van der Waals surface area contributed by atoms with Crippen molar-refractivity contribution in [2.24, 2.45) is 5.92 Å². The minimum Gasteiger partial charge on any atom is -0.396 e. The maximum atomic E-state index is 11.6. The monoisotopic (exact) mass is 377 g/mol. The number of amides is 1. The molecule has 1 amide bonds. The summed E-state index contributed by atoms with van der Waals surface area (Å²) in [6.45, 7) is 4.22. The molecule has 27 heavy (non-hydrogen) atoms. The molecule has 0 fully saturated rings. The van der Waals surface area contributed by atoms with Gasteiger partial charge in [-0.3, -0.25) is 4.79 Å². The lowest BCUT2D eigenvalue weighted by atomic mass is 9.87. The SMILES string of the molecule is CC(C)NC(=O)CCCC=CC[C@@H]1CC=C[C@@]1(O)C=CCCCCCCO. The third kappa shape index (κ3) is 10.5. The van der Waals surface area contributed by atoms with E-state index in [1.807, 2.05) is 26.0 Å². The van der Waals surface area contributed by atoms with Crippen LogP contribution >= 0.6 is 0 Å². The minimum absolute atomic E-state index is 0.120. The van der Waals surface area contributed by atoms with Gasteiger partial charge in [-0.15, -0.1) is 0 Å². The Morgan fingerprint density at radius 3 is 2.63 bits per heavy atom. The van der Waals surface area contributed by atoms with E-state index in [1.165, 1.54) is 0 Å². The minimum atomic E-state index is -0.827. The zero-order chi connectivity index (χ0) is 20.0. The molecule has 0 aliphatic heterocycles. The molecule has 0 spiro atoms. The Morgan fingerprint density at radius 1 is 1.15 bits per heavy atom. The first-order valence-corrected chi connectivity index (χ1v) is 10.6. The second-order valence-corrected chi connectivity index (χ2v) is 7.87. The van der Waals surface area contributed by atoms with E-state index in [2.05, 4.69) is 29.6 Å². The van der Waals surface area contributed by atoms with Crippen LogP contribution in [-0.4, -0.2) is 34.4 Å². The highest BCUT2D eigenvalue weighted by molar-refractivity contribution is 5.76. The summed E-state index contributed by atoms with van der Waals surface area (Å²) in [5, 5.41) is 22.5.